The number of hydrogen-bond donors (Lipinski definition) is 2. The summed E-state index contributed by atoms with van der Waals surface area (Å²) >= 11 is 11.9. The summed E-state index contributed by atoms with van der Waals surface area (Å²) in [7, 11) is 0. The van der Waals surface area contributed by atoms with E-state index in [9.17, 15) is 0 Å². The van der Waals surface area contributed by atoms with Crippen LogP contribution in [-0.2, 0) is 12.8 Å². The molecule has 0 aliphatic rings. The summed E-state index contributed by atoms with van der Waals surface area (Å²) in [4.78, 5) is 0. The quantitative estimate of drug-likeness (QED) is 0.619. The highest BCUT2D eigenvalue weighted by molar-refractivity contribution is 6.30. The number of nitrogens with two attached hydrogens (primary N) is 2. The third kappa shape index (κ3) is 3.84. The largest absolute Gasteiger partial charge is 0.397 e. The van der Waals surface area contributed by atoms with Gasteiger partial charge in [0.1, 0.15) is 0 Å². The Balaban J connectivity index is 1.95. The van der Waals surface area contributed by atoms with Gasteiger partial charge in [0.25, 0.3) is 0 Å². The maximum atomic E-state index is 6.27. The van der Waals surface area contributed by atoms with E-state index in [1.807, 2.05) is 60.7 Å². The monoisotopic (exact) mass is 356 g/mol. The molecule has 3 aromatic rings. The summed E-state index contributed by atoms with van der Waals surface area (Å²) in [5, 5.41) is 1.46. The first kappa shape index (κ1) is 16.7. The van der Waals surface area contributed by atoms with Crippen LogP contribution in [0.1, 0.15) is 22.3 Å². The molecule has 3 aromatic carbocycles. The molecule has 122 valence electrons. The van der Waals surface area contributed by atoms with Gasteiger partial charge in [-0.2, -0.15) is 0 Å². The molecule has 0 saturated carbocycles. The normalized spacial score (nSPS) is 10.8. The molecule has 4 heteroatoms. The topological polar surface area (TPSA) is 52.0 Å². The SMILES string of the molecule is Nc1ccc(Cc2ccc(Cl)cc2)c(Cc2ccc(Cl)cc2)c1N. The van der Waals surface area contributed by atoms with Crippen molar-refractivity contribution in [3.63, 3.8) is 0 Å². The van der Waals surface area contributed by atoms with Gasteiger partial charge in [-0.05, 0) is 65.4 Å². The van der Waals surface area contributed by atoms with Crippen molar-refractivity contribution >= 4 is 34.6 Å². The van der Waals surface area contributed by atoms with E-state index >= 15 is 0 Å². The first-order valence-corrected chi connectivity index (χ1v) is 8.43. The lowest BCUT2D eigenvalue weighted by molar-refractivity contribution is 1.10. The molecular formula is C20H18Cl2N2. The molecule has 0 atom stereocenters. The number of nitrogen functional groups attached to an aromatic ring is 2. The minimum atomic E-state index is 0.610. The van der Waals surface area contributed by atoms with E-state index in [0.717, 1.165) is 34.0 Å². The van der Waals surface area contributed by atoms with Crippen molar-refractivity contribution in [1.82, 2.24) is 0 Å². The van der Waals surface area contributed by atoms with Crippen molar-refractivity contribution in [2.75, 3.05) is 11.5 Å². The standard InChI is InChI=1S/C20H18Cl2N2/c21-16-6-1-13(2-7-16)11-15-5-10-19(23)20(24)18(15)12-14-3-8-17(22)9-4-14/h1-10H,11-12,23-24H2. The Morgan fingerprint density at radius 3 is 1.67 bits per heavy atom. The molecule has 3 rings (SSSR count). The van der Waals surface area contributed by atoms with Gasteiger partial charge in [0.15, 0.2) is 0 Å². The lowest BCUT2D eigenvalue weighted by Gasteiger charge is -2.15. The van der Waals surface area contributed by atoms with Crippen LogP contribution in [-0.4, -0.2) is 0 Å². The number of anilines is 2. The predicted molar refractivity (Wildman–Crippen MR) is 104 cm³/mol. The van der Waals surface area contributed by atoms with Crippen LogP contribution in [0.4, 0.5) is 11.4 Å². The highest BCUT2D eigenvalue weighted by Gasteiger charge is 2.11. The second-order valence-corrected chi connectivity index (χ2v) is 6.69. The summed E-state index contributed by atoms with van der Waals surface area (Å²) in [6.45, 7) is 0. The molecule has 0 aliphatic carbocycles. The predicted octanol–water partition coefficient (Wildman–Crippen LogP) is 5.34. The van der Waals surface area contributed by atoms with E-state index in [1.54, 1.807) is 0 Å². The summed E-state index contributed by atoms with van der Waals surface area (Å²) in [5.74, 6) is 0. The number of halogens is 2. The van der Waals surface area contributed by atoms with Crippen LogP contribution in [0, 0.1) is 0 Å². The third-order valence-electron chi connectivity index (χ3n) is 4.09. The Hall–Kier alpha value is -2.16. The first-order chi connectivity index (χ1) is 11.5. The molecule has 4 N–H and O–H groups in total. The number of hydrogen-bond acceptors (Lipinski definition) is 2. The van der Waals surface area contributed by atoms with E-state index in [1.165, 1.54) is 11.1 Å². The van der Waals surface area contributed by atoms with E-state index in [0.29, 0.717) is 11.4 Å². The van der Waals surface area contributed by atoms with Crippen LogP contribution in [0.3, 0.4) is 0 Å². The van der Waals surface area contributed by atoms with Gasteiger partial charge < -0.3 is 11.5 Å². The second kappa shape index (κ2) is 7.16. The fourth-order valence-corrected chi connectivity index (χ4v) is 2.98. The van der Waals surface area contributed by atoms with Crippen LogP contribution in [0.2, 0.25) is 10.0 Å². The minimum Gasteiger partial charge on any atom is -0.397 e. The molecule has 0 aliphatic heterocycles. The van der Waals surface area contributed by atoms with Gasteiger partial charge in [-0.25, -0.2) is 0 Å². The van der Waals surface area contributed by atoms with Gasteiger partial charge in [-0.3, -0.25) is 0 Å². The lowest BCUT2D eigenvalue weighted by atomic mass is 9.93. The average Bonchev–Trinajstić information content (AvgIpc) is 2.58. The number of benzene rings is 3. The van der Waals surface area contributed by atoms with Gasteiger partial charge in [-0.1, -0.05) is 53.5 Å². The summed E-state index contributed by atoms with van der Waals surface area (Å²) in [6.07, 6.45) is 1.50. The average molecular weight is 357 g/mol. The van der Waals surface area contributed by atoms with Gasteiger partial charge in [0.05, 0.1) is 11.4 Å². The molecule has 0 fully saturated rings. The molecule has 0 bridgehead atoms. The van der Waals surface area contributed by atoms with Crippen LogP contribution < -0.4 is 11.5 Å². The molecule has 0 saturated heterocycles. The van der Waals surface area contributed by atoms with Crippen LogP contribution >= 0.6 is 23.2 Å². The molecule has 0 spiro atoms. The van der Waals surface area contributed by atoms with Crippen LogP contribution in [0.15, 0.2) is 60.7 Å². The maximum absolute atomic E-state index is 6.27. The molecule has 0 amide bonds. The maximum Gasteiger partial charge on any atom is 0.0586 e. The fraction of sp³-hybridized carbons (Fsp3) is 0.100. The molecule has 0 heterocycles. The zero-order chi connectivity index (χ0) is 17.1. The smallest absolute Gasteiger partial charge is 0.0586 e. The van der Waals surface area contributed by atoms with Crippen molar-refractivity contribution in [3.05, 3.63) is 93.0 Å². The van der Waals surface area contributed by atoms with Gasteiger partial charge in [0, 0.05) is 10.0 Å². The Kier molecular flexibility index (Phi) is 4.98. The van der Waals surface area contributed by atoms with Gasteiger partial charge in [0.2, 0.25) is 0 Å². The fourth-order valence-electron chi connectivity index (χ4n) is 2.73. The van der Waals surface area contributed by atoms with E-state index in [2.05, 4.69) is 0 Å². The first-order valence-electron chi connectivity index (χ1n) is 7.67. The van der Waals surface area contributed by atoms with Crippen LogP contribution in [0.5, 0.6) is 0 Å². The highest BCUT2D eigenvalue weighted by Crippen LogP contribution is 2.29. The number of rotatable bonds is 4. The molecule has 0 radical (unpaired) electrons. The van der Waals surface area contributed by atoms with E-state index in [4.69, 9.17) is 34.7 Å². The molecule has 0 unspecified atom stereocenters. The highest BCUT2D eigenvalue weighted by atomic mass is 35.5. The van der Waals surface area contributed by atoms with Crippen molar-refractivity contribution in [2.24, 2.45) is 0 Å². The van der Waals surface area contributed by atoms with Crippen molar-refractivity contribution in [3.8, 4) is 0 Å². The van der Waals surface area contributed by atoms with Crippen molar-refractivity contribution < 1.29 is 0 Å². The minimum absolute atomic E-state index is 0.610. The Bertz CT molecular complexity index is 841. The van der Waals surface area contributed by atoms with Gasteiger partial charge in [-0.15, -0.1) is 0 Å². The van der Waals surface area contributed by atoms with E-state index < -0.39 is 0 Å². The van der Waals surface area contributed by atoms with Crippen molar-refractivity contribution in [2.45, 2.75) is 12.8 Å². The van der Waals surface area contributed by atoms with Gasteiger partial charge >= 0.3 is 0 Å². The lowest BCUT2D eigenvalue weighted by Crippen LogP contribution is -2.05. The zero-order valence-electron chi connectivity index (χ0n) is 13.1. The molecule has 0 aromatic heterocycles. The Morgan fingerprint density at radius 2 is 1.12 bits per heavy atom. The molecule has 24 heavy (non-hydrogen) atoms. The Morgan fingerprint density at radius 1 is 0.625 bits per heavy atom. The van der Waals surface area contributed by atoms with Crippen molar-refractivity contribution in [1.29, 1.82) is 0 Å². The summed E-state index contributed by atoms with van der Waals surface area (Å²) < 4.78 is 0. The second-order valence-electron chi connectivity index (χ2n) is 5.81. The molecule has 2 nitrogen and oxygen atoms in total. The third-order valence-corrected chi connectivity index (χ3v) is 4.59. The van der Waals surface area contributed by atoms with Crippen LogP contribution in [0.25, 0.3) is 0 Å². The van der Waals surface area contributed by atoms with E-state index in [-0.39, 0.29) is 0 Å². The Labute approximate surface area is 152 Å². The zero-order valence-corrected chi connectivity index (χ0v) is 14.6. The summed E-state index contributed by atoms with van der Waals surface area (Å²) in [5.41, 5.74) is 18.1. The summed E-state index contributed by atoms with van der Waals surface area (Å²) in [6, 6.07) is 19.6. The molecular weight excluding hydrogens is 339 g/mol.